The van der Waals surface area contributed by atoms with Crippen LogP contribution >= 0.6 is 23.7 Å². The van der Waals surface area contributed by atoms with Crippen molar-refractivity contribution >= 4 is 29.7 Å². The van der Waals surface area contributed by atoms with Gasteiger partial charge in [-0.15, -0.1) is 23.7 Å². The summed E-state index contributed by atoms with van der Waals surface area (Å²) in [4.78, 5) is 17.1. The molecule has 0 aromatic carbocycles. The maximum atomic E-state index is 12.7. The lowest BCUT2D eigenvalue weighted by molar-refractivity contribution is 0.0628. The van der Waals surface area contributed by atoms with Gasteiger partial charge in [-0.2, -0.15) is 0 Å². The summed E-state index contributed by atoms with van der Waals surface area (Å²) in [5.41, 5.74) is 7.23. The van der Waals surface area contributed by atoms with Gasteiger partial charge >= 0.3 is 0 Å². The fourth-order valence-electron chi connectivity index (χ4n) is 3.25. The van der Waals surface area contributed by atoms with Crippen molar-refractivity contribution < 1.29 is 4.79 Å². The van der Waals surface area contributed by atoms with Crippen LogP contribution in [0.1, 0.15) is 52.2 Å². The van der Waals surface area contributed by atoms with E-state index in [0.717, 1.165) is 37.1 Å². The van der Waals surface area contributed by atoms with E-state index in [1.807, 2.05) is 4.90 Å². The van der Waals surface area contributed by atoms with E-state index in [4.69, 9.17) is 5.73 Å². The number of rotatable bonds is 2. The molecule has 5 heteroatoms. The molecule has 2 aliphatic rings. The minimum absolute atomic E-state index is 0. The van der Waals surface area contributed by atoms with Gasteiger partial charge in [-0.05, 0) is 56.6 Å². The summed E-state index contributed by atoms with van der Waals surface area (Å²) in [5.74, 6) is 0.217. The molecule has 3 nitrogen and oxygen atoms in total. The van der Waals surface area contributed by atoms with Gasteiger partial charge in [0.25, 0.3) is 5.91 Å². The lowest BCUT2D eigenvalue weighted by Gasteiger charge is -2.34. The summed E-state index contributed by atoms with van der Waals surface area (Å²) in [5, 5.41) is 0. The molecule has 1 aromatic heterocycles. The number of amides is 1. The molecule has 2 heterocycles. The van der Waals surface area contributed by atoms with Gasteiger partial charge in [0, 0.05) is 24.0 Å². The first kappa shape index (κ1) is 15.8. The van der Waals surface area contributed by atoms with Gasteiger partial charge in [0.2, 0.25) is 0 Å². The SMILES string of the molecule is Cl.NCC1CCCCN1C(=O)c1cc2c(s1)CCCC2. The lowest BCUT2D eigenvalue weighted by Crippen LogP contribution is -2.47. The van der Waals surface area contributed by atoms with Crippen LogP contribution in [-0.2, 0) is 12.8 Å². The zero-order valence-corrected chi connectivity index (χ0v) is 13.4. The van der Waals surface area contributed by atoms with E-state index in [2.05, 4.69) is 6.07 Å². The highest BCUT2D eigenvalue weighted by atomic mass is 35.5. The average molecular weight is 315 g/mol. The maximum absolute atomic E-state index is 12.7. The average Bonchev–Trinajstić information content (AvgIpc) is 2.90. The molecule has 1 aromatic rings. The van der Waals surface area contributed by atoms with Crippen molar-refractivity contribution in [2.75, 3.05) is 13.1 Å². The number of nitrogens with two attached hydrogens (primary N) is 1. The van der Waals surface area contributed by atoms with Crippen LogP contribution in [-0.4, -0.2) is 29.9 Å². The third-order valence-corrected chi connectivity index (χ3v) is 5.59. The second kappa shape index (κ2) is 6.92. The van der Waals surface area contributed by atoms with Gasteiger partial charge in [0.1, 0.15) is 0 Å². The number of fused-ring (bicyclic) bond motifs is 1. The number of halogens is 1. The van der Waals surface area contributed by atoms with Gasteiger partial charge in [0.15, 0.2) is 0 Å². The Balaban J connectivity index is 0.00000147. The molecule has 1 saturated heterocycles. The molecular weight excluding hydrogens is 292 g/mol. The minimum atomic E-state index is 0. The molecule has 1 atom stereocenters. The molecule has 0 spiro atoms. The summed E-state index contributed by atoms with van der Waals surface area (Å²) >= 11 is 1.72. The zero-order chi connectivity index (χ0) is 13.2. The Kier molecular flexibility index (Phi) is 5.47. The Morgan fingerprint density at radius 2 is 2.10 bits per heavy atom. The van der Waals surface area contributed by atoms with E-state index in [1.54, 1.807) is 11.3 Å². The molecule has 112 valence electrons. The molecule has 1 aliphatic carbocycles. The molecule has 3 rings (SSSR count). The van der Waals surface area contributed by atoms with Crippen molar-refractivity contribution in [3.8, 4) is 0 Å². The monoisotopic (exact) mass is 314 g/mol. The summed E-state index contributed by atoms with van der Waals surface area (Å²) in [6.07, 6.45) is 8.24. The first-order chi connectivity index (χ1) is 9.29. The second-order valence-electron chi connectivity index (χ2n) is 5.65. The Bertz CT molecular complexity index is 451. The quantitative estimate of drug-likeness (QED) is 0.912. The largest absolute Gasteiger partial charge is 0.334 e. The standard InChI is InChI=1S/C15H22N2OS.ClH/c16-10-12-6-3-4-8-17(12)15(18)14-9-11-5-1-2-7-13(11)19-14;/h9,12H,1-8,10,16H2;1H. The summed E-state index contributed by atoms with van der Waals surface area (Å²) in [6, 6.07) is 2.39. The summed E-state index contributed by atoms with van der Waals surface area (Å²) < 4.78 is 0. The van der Waals surface area contributed by atoms with E-state index >= 15 is 0 Å². The molecule has 1 amide bonds. The number of thiophene rings is 1. The number of carbonyl (C=O) groups excluding carboxylic acids is 1. The number of carbonyl (C=O) groups is 1. The molecule has 0 radical (unpaired) electrons. The van der Waals surface area contributed by atoms with Gasteiger partial charge in [-0.3, -0.25) is 4.79 Å². The van der Waals surface area contributed by atoms with Crippen LogP contribution < -0.4 is 5.73 Å². The van der Waals surface area contributed by atoms with Crippen molar-refractivity contribution in [2.24, 2.45) is 5.73 Å². The van der Waals surface area contributed by atoms with Crippen LogP contribution in [0.2, 0.25) is 0 Å². The molecule has 0 saturated carbocycles. The first-order valence-electron chi connectivity index (χ1n) is 7.42. The molecule has 1 aliphatic heterocycles. The van der Waals surface area contributed by atoms with Crippen LogP contribution in [0, 0.1) is 0 Å². The second-order valence-corrected chi connectivity index (χ2v) is 6.79. The third kappa shape index (κ3) is 3.02. The van der Waals surface area contributed by atoms with Crippen molar-refractivity contribution in [1.82, 2.24) is 4.90 Å². The summed E-state index contributed by atoms with van der Waals surface area (Å²) in [6.45, 7) is 1.47. The van der Waals surface area contributed by atoms with Gasteiger partial charge < -0.3 is 10.6 Å². The Morgan fingerprint density at radius 3 is 2.85 bits per heavy atom. The smallest absolute Gasteiger partial charge is 0.264 e. The Labute approximate surface area is 130 Å². The van der Waals surface area contributed by atoms with Crippen LogP contribution in [0.15, 0.2) is 6.07 Å². The highest BCUT2D eigenvalue weighted by Crippen LogP contribution is 2.31. The fraction of sp³-hybridized carbons (Fsp3) is 0.667. The van der Waals surface area contributed by atoms with Crippen LogP contribution in [0.5, 0.6) is 0 Å². The number of hydrogen-bond donors (Lipinski definition) is 1. The molecule has 1 unspecified atom stereocenters. The topological polar surface area (TPSA) is 46.3 Å². The van der Waals surface area contributed by atoms with Crippen LogP contribution in [0.3, 0.4) is 0 Å². The minimum Gasteiger partial charge on any atom is -0.334 e. The Morgan fingerprint density at radius 1 is 1.30 bits per heavy atom. The van der Waals surface area contributed by atoms with Crippen molar-refractivity contribution in [2.45, 2.75) is 51.0 Å². The van der Waals surface area contributed by atoms with E-state index in [-0.39, 0.29) is 24.4 Å². The van der Waals surface area contributed by atoms with Crippen molar-refractivity contribution in [3.05, 3.63) is 21.4 Å². The third-order valence-electron chi connectivity index (χ3n) is 4.37. The maximum Gasteiger partial charge on any atom is 0.264 e. The molecular formula is C15H23ClN2OS. The van der Waals surface area contributed by atoms with E-state index in [9.17, 15) is 4.79 Å². The predicted molar refractivity (Wildman–Crippen MR) is 85.9 cm³/mol. The van der Waals surface area contributed by atoms with E-state index in [0.29, 0.717) is 6.54 Å². The molecule has 2 N–H and O–H groups in total. The predicted octanol–water partition coefficient (Wildman–Crippen LogP) is 3.00. The normalized spacial score (nSPS) is 22.1. The highest BCUT2D eigenvalue weighted by Gasteiger charge is 2.28. The number of hydrogen-bond acceptors (Lipinski definition) is 3. The van der Waals surface area contributed by atoms with Crippen molar-refractivity contribution in [3.63, 3.8) is 0 Å². The van der Waals surface area contributed by atoms with Gasteiger partial charge in [-0.1, -0.05) is 0 Å². The number of piperidine rings is 1. The lowest BCUT2D eigenvalue weighted by atomic mass is 9.99. The molecule has 20 heavy (non-hydrogen) atoms. The number of aryl methyl sites for hydroxylation is 2. The molecule has 1 fully saturated rings. The number of nitrogens with zero attached hydrogens (tertiary/aromatic N) is 1. The van der Waals surface area contributed by atoms with Crippen LogP contribution in [0.25, 0.3) is 0 Å². The highest BCUT2D eigenvalue weighted by molar-refractivity contribution is 7.14. The van der Waals surface area contributed by atoms with Gasteiger partial charge in [0.05, 0.1) is 4.88 Å². The zero-order valence-electron chi connectivity index (χ0n) is 11.8. The van der Waals surface area contributed by atoms with Crippen LogP contribution in [0.4, 0.5) is 0 Å². The van der Waals surface area contributed by atoms with Gasteiger partial charge in [-0.25, -0.2) is 0 Å². The van der Waals surface area contributed by atoms with Crippen molar-refractivity contribution in [1.29, 1.82) is 0 Å². The first-order valence-corrected chi connectivity index (χ1v) is 8.24. The Hall–Kier alpha value is -0.580. The molecule has 0 bridgehead atoms. The fourth-order valence-corrected chi connectivity index (χ4v) is 4.46. The van der Waals surface area contributed by atoms with E-state index < -0.39 is 0 Å². The summed E-state index contributed by atoms with van der Waals surface area (Å²) in [7, 11) is 0. The number of likely N-dealkylation sites (tertiary alicyclic amines) is 1. The van der Waals surface area contributed by atoms with E-state index in [1.165, 1.54) is 29.7 Å².